The van der Waals surface area contributed by atoms with Gasteiger partial charge in [0.15, 0.2) is 0 Å². The predicted octanol–water partition coefficient (Wildman–Crippen LogP) is 1.86. The molecule has 0 unspecified atom stereocenters. The molecule has 0 radical (unpaired) electrons. The van der Waals surface area contributed by atoms with Gasteiger partial charge in [-0.1, -0.05) is 6.07 Å². The molecular weight excluding hydrogens is 347 g/mol. The first-order chi connectivity index (χ1) is 11.8. The van der Waals surface area contributed by atoms with E-state index in [9.17, 15) is 12.8 Å². The molecule has 0 aliphatic rings. The van der Waals surface area contributed by atoms with Gasteiger partial charge in [-0.15, -0.1) is 0 Å². The number of nitrogens with two attached hydrogens (primary N) is 1. The van der Waals surface area contributed by atoms with Gasteiger partial charge >= 0.3 is 0 Å². The van der Waals surface area contributed by atoms with Gasteiger partial charge in [-0.25, -0.2) is 17.9 Å². The molecule has 0 aliphatic carbocycles. The minimum absolute atomic E-state index is 0.0477. The van der Waals surface area contributed by atoms with Gasteiger partial charge in [0.05, 0.1) is 4.90 Å². The van der Waals surface area contributed by atoms with E-state index in [2.05, 4.69) is 0 Å². The fourth-order valence-electron chi connectivity index (χ4n) is 2.03. The molecule has 0 saturated heterocycles. The quantitative estimate of drug-likeness (QED) is 0.731. The molecule has 136 valence electrons. The van der Waals surface area contributed by atoms with E-state index in [0.29, 0.717) is 37.8 Å². The fourth-order valence-corrected chi connectivity index (χ4v) is 2.55. The molecular formula is C17H21FN2O4S. The van der Waals surface area contributed by atoms with Gasteiger partial charge in [-0.3, -0.25) is 4.90 Å². The van der Waals surface area contributed by atoms with E-state index < -0.39 is 10.0 Å². The Kier molecular flexibility index (Phi) is 6.74. The highest BCUT2D eigenvalue weighted by atomic mass is 32.2. The third kappa shape index (κ3) is 6.69. The van der Waals surface area contributed by atoms with Crippen molar-refractivity contribution in [2.45, 2.75) is 4.90 Å². The number of benzene rings is 2. The number of nitrogens with zero attached hydrogens (tertiary/aromatic N) is 1. The second-order valence-electron chi connectivity index (χ2n) is 5.47. The average molecular weight is 368 g/mol. The highest BCUT2D eigenvalue weighted by Gasteiger charge is 2.07. The molecule has 0 heterocycles. The van der Waals surface area contributed by atoms with Crippen molar-refractivity contribution in [3.05, 3.63) is 54.3 Å². The number of hydrogen-bond donors (Lipinski definition) is 1. The molecule has 2 aromatic carbocycles. The molecule has 0 amide bonds. The molecule has 0 aliphatic heterocycles. The van der Waals surface area contributed by atoms with Crippen LogP contribution < -0.4 is 14.6 Å². The number of likely N-dealkylation sites (N-methyl/N-ethyl adjacent to an activating group) is 1. The summed E-state index contributed by atoms with van der Waals surface area (Å²) in [6, 6.07) is 11.9. The van der Waals surface area contributed by atoms with Gasteiger partial charge in [0.2, 0.25) is 10.0 Å². The molecule has 0 bridgehead atoms. The first kappa shape index (κ1) is 19.2. The third-order valence-corrected chi connectivity index (χ3v) is 4.36. The Hall–Kier alpha value is -2.16. The van der Waals surface area contributed by atoms with Crippen molar-refractivity contribution < 1.29 is 22.3 Å². The fraction of sp³-hybridized carbons (Fsp3) is 0.294. The van der Waals surface area contributed by atoms with Crippen molar-refractivity contribution in [2.24, 2.45) is 5.14 Å². The summed E-state index contributed by atoms with van der Waals surface area (Å²) in [6.45, 7) is 2.18. The zero-order chi connectivity index (χ0) is 18.3. The summed E-state index contributed by atoms with van der Waals surface area (Å²) < 4.78 is 46.4. The van der Waals surface area contributed by atoms with Crippen LogP contribution in [-0.2, 0) is 10.0 Å². The van der Waals surface area contributed by atoms with Gasteiger partial charge in [0, 0.05) is 19.2 Å². The number of rotatable bonds is 9. The Morgan fingerprint density at radius 3 is 2.16 bits per heavy atom. The molecule has 6 nitrogen and oxygen atoms in total. The summed E-state index contributed by atoms with van der Waals surface area (Å²) in [5.74, 6) is 0.740. The summed E-state index contributed by atoms with van der Waals surface area (Å²) in [5, 5.41) is 5.04. The summed E-state index contributed by atoms with van der Waals surface area (Å²) >= 11 is 0. The molecule has 0 atom stereocenters. The van der Waals surface area contributed by atoms with Crippen LogP contribution in [0.5, 0.6) is 11.5 Å². The molecule has 8 heteroatoms. The Bertz CT molecular complexity index is 781. The highest BCUT2D eigenvalue weighted by Crippen LogP contribution is 2.15. The van der Waals surface area contributed by atoms with Crippen LogP contribution in [0.4, 0.5) is 4.39 Å². The number of primary sulfonamides is 1. The maximum atomic E-state index is 13.0. The van der Waals surface area contributed by atoms with Crippen LogP contribution in [-0.4, -0.2) is 46.7 Å². The molecule has 0 spiro atoms. The lowest BCUT2D eigenvalue weighted by Gasteiger charge is -2.17. The second kappa shape index (κ2) is 8.80. The average Bonchev–Trinajstić information content (AvgIpc) is 2.54. The standard InChI is InChI=1S/C17H21FN2O4S/c1-20(10-12-24-16-4-2-3-14(18)13-16)9-11-23-15-5-7-17(8-6-15)25(19,21)22/h2-8,13H,9-12H2,1H3,(H2,19,21,22). The highest BCUT2D eigenvalue weighted by molar-refractivity contribution is 7.89. The van der Waals surface area contributed by atoms with Crippen molar-refractivity contribution in [3.63, 3.8) is 0 Å². The first-order valence-corrected chi connectivity index (χ1v) is 9.22. The minimum Gasteiger partial charge on any atom is -0.492 e. The van der Waals surface area contributed by atoms with E-state index in [-0.39, 0.29) is 10.7 Å². The molecule has 0 saturated carbocycles. The predicted molar refractivity (Wildman–Crippen MR) is 92.7 cm³/mol. The number of sulfonamides is 1. The van der Waals surface area contributed by atoms with Crippen molar-refractivity contribution in [3.8, 4) is 11.5 Å². The van der Waals surface area contributed by atoms with Crippen LogP contribution >= 0.6 is 0 Å². The summed E-state index contributed by atoms with van der Waals surface area (Å²) in [5.41, 5.74) is 0. The monoisotopic (exact) mass is 368 g/mol. The molecule has 2 N–H and O–H groups in total. The summed E-state index contributed by atoms with van der Waals surface area (Å²) in [7, 11) is -1.77. The van der Waals surface area contributed by atoms with Crippen LogP contribution in [0.15, 0.2) is 53.4 Å². The molecule has 25 heavy (non-hydrogen) atoms. The number of ether oxygens (including phenoxy) is 2. The lowest BCUT2D eigenvalue weighted by Crippen LogP contribution is -2.28. The molecule has 2 rings (SSSR count). The molecule has 0 fully saturated rings. The Morgan fingerprint density at radius 1 is 1.00 bits per heavy atom. The maximum Gasteiger partial charge on any atom is 0.238 e. The molecule has 2 aromatic rings. The summed E-state index contributed by atoms with van der Waals surface area (Å²) in [4.78, 5) is 2.06. The van der Waals surface area contributed by atoms with Gasteiger partial charge in [-0.05, 0) is 43.4 Å². The SMILES string of the molecule is CN(CCOc1ccc(S(N)(=O)=O)cc1)CCOc1cccc(F)c1. The molecule has 0 aromatic heterocycles. The van der Waals surface area contributed by atoms with E-state index >= 15 is 0 Å². The zero-order valence-electron chi connectivity index (χ0n) is 13.9. The largest absolute Gasteiger partial charge is 0.492 e. The van der Waals surface area contributed by atoms with Crippen LogP contribution in [0.2, 0.25) is 0 Å². The first-order valence-electron chi connectivity index (χ1n) is 7.67. The van der Waals surface area contributed by atoms with Gasteiger partial charge in [0.1, 0.15) is 30.5 Å². The lowest BCUT2D eigenvalue weighted by atomic mass is 10.3. The van der Waals surface area contributed by atoms with Crippen molar-refractivity contribution >= 4 is 10.0 Å². The second-order valence-corrected chi connectivity index (χ2v) is 7.04. The third-order valence-electron chi connectivity index (χ3n) is 3.43. The lowest BCUT2D eigenvalue weighted by molar-refractivity contribution is 0.202. The van der Waals surface area contributed by atoms with Crippen LogP contribution in [0.3, 0.4) is 0 Å². The van der Waals surface area contributed by atoms with Gasteiger partial charge in [0.25, 0.3) is 0 Å². The zero-order valence-corrected chi connectivity index (χ0v) is 14.7. The van der Waals surface area contributed by atoms with E-state index in [1.165, 1.54) is 24.3 Å². The normalized spacial score (nSPS) is 11.5. The number of halogens is 1. The van der Waals surface area contributed by atoms with E-state index in [4.69, 9.17) is 14.6 Å². The van der Waals surface area contributed by atoms with Crippen molar-refractivity contribution in [1.29, 1.82) is 0 Å². The van der Waals surface area contributed by atoms with Gasteiger partial charge < -0.3 is 9.47 Å². The van der Waals surface area contributed by atoms with Crippen LogP contribution in [0, 0.1) is 5.82 Å². The Labute approximate surface area is 147 Å². The Balaban J connectivity index is 1.67. The van der Waals surface area contributed by atoms with E-state index in [1.54, 1.807) is 24.3 Å². The van der Waals surface area contributed by atoms with E-state index in [0.717, 1.165) is 0 Å². The van der Waals surface area contributed by atoms with Crippen molar-refractivity contribution in [1.82, 2.24) is 4.90 Å². The number of hydrogen-bond acceptors (Lipinski definition) is 5. The van der Waals surface area contributed by atoms with Crippen molar-refractivity contribution in [2.75, 3.05) is 33.4 Å². The topological polar surface area (TPSA) is 81.9 Å². The maximum absolute atomic E-state index is 13.0. The summed E-state index contributed by atoms with van der Waals surface area (Å²) in [6.07, 6.45) is 0. The van der Waals surface area contributed by atoms with Crippen LogP contribution in [0.1, 0.15) is 0 Å². The minimum atomic E-state index is -3.69. The van der Waals surface area contributed by atoms with E-state index in [1.807, 2.05) is 11.9 Å². The van der Waals surface area contributed by atoms with Crippen LogP contribution in [0.25, 0.3) is 0 Å². The smallest absolute Gasteiger partial charge is 0.238 e. The Morgan fingerprint density at radius 2 is 1.60 bits per heavy atom. The van der Waals surface area contributed by atoms with Gasteiger partial charge in [-0.2, -0.15) is 0 Å².